The van der Waals surface area contributed by atoms with Crippen molar-refractivity contribution in [1.29, 1.82) is 0 Å². The highest BCUT2D eigenvalue weighted by Crippen LogP contribution is 2.37. The quantitative estimate of drug-likeness (QED) is 0.576. The van der Waals surface area contributed by atoms with Gasteiger partial charge in [0.15, 0.2) is 0 Å². The summed E-state index contributed by atoms with van der Waals surface area (Å²) in [5, 5.41) is 3.48. The summed E-state index contributed by atoms with van der Waals surface area (Å²) in [5.41, 5.74) is 0. The van der Waals surface area contributed by atoms with E-state index in [0.29, 0.717) is 5.30 Å². The van der Waals surface area contributed by atoms with Crippen molar-refractivity contribution in [3.63, 3.8) is 0 Å². The Labute approximate surface area is 84.6 Å². The normalized spacial score (nSPS) is 15.0. The summed E-state index contributed by atoms with van der Waals surface area (Å²) >= 11 is 0. The van der Waals surface area contributed by atoms with Crippen molar-refractivity contribution in [1.82, 2.24) is 5.32 Å². The molecule has 4 heteroatoms. The molecule has 2 N–H and O–H groups in total. The molecule has 0 aromatic heterocycles. The lowest BCUT2D eigenvalue weighted by Crippen LogP contribution is -2.20. The van der Waals surface area contributed by atoms with Crippen molar-refractivity contribution < 1.29 is 9.46 Å². The summed E-state index contributed by atoms with van der Waals surface area (Å²) in [6.07, 6.45) is 1.12. The Bertz CT molecular complexity index is 313. The Morgan fingerprint density at radius 3 is 2.57 bits per heavy atom. The molecule has 0 saturated heterocycles. The van der Waals surface area contributed by atoms with Crippen LogP contribution in [0.25, 0.3) is 0 Å². The largest absolute Gasteiger partial charge is 0.340 e. The zero-order valence-corrected chi connectivity index (χ0v) is 9.21. The second-order valence-electron chi connectivity index (χ2n) is 3.20. The lowest BCUT2D eigenvalue weighted by atomic mass is 10.4. The first-order valence-corrected chi connectivity index (χ1v) is 6.59. The van der Waals surface area contributed by atoms with Crippen molar-refractivity contribution in [2.75, 3.05) is 12.8 Å². The Kier molecular flexibility index (Phi) is 4.33. The van der Waals surface area contributed by atoms with Crippen molar-refractivity contribution in [3.8, 4) is 0 Å². The Morgan fingerprint density at radius 2 is 2.00 bits per heavy atom. The van der Waals surface area contributed by atoms with Crippen molar-refractivity contribution in [3.05, 3.63) is 30.3 Å². The smallest absolute Gasteiger partial charge is 0.242 e. The second kappa shape index (κ2) is 5.30. The molecule has 0 amide bonds. The summed E-state index contributed by atoms with van der Waals surface area (Å²) in [7, 11) is -3.19. The van der Waals surface area contributed by atoms with E-state index in [1.54, 1.807) is 24.3 Å². The molecule has 78 valence electrons. The van der Waals surface area contributed by atoms with Crippen LogP contribution in [0.1, 0.15) is 13.3 Å². The van der Waals surface area contributed by atoms with Crippen LogP contribution in [-0.2, 0) is 4.57 Å². The molecular weight excluding hydrogens is 197 g/mol. The standard InChI is InChI=1S/C10H16NO2P/c1-2-8-11-9-14(12,13)10-6-4-3-5-7-10/h3-7,11H,2,8-9H2,1H3,(H,12,13). The third-order valence-corrected chi connectivity index (χ3v) is 3.67. The van der Waals surface area contributed by atoms with Crippen LogP contribution in [0.2, 0.25) is 0 Å². The van der Waals surface area contributed by atoms with E-state index < -0.39 is 7.37 Å². The highest BCUT2D eigenvalue weighted by molar-refractivity contribution is 7.66. The fourth-order valence-corrected chi connectivity index (χ4v) is 2.44. The fraction of sp³-hybridized carbons (Fsp3) is 0.400. The lowest BCUT2D eigenvalue weighted by molar-refractivity contribution is 0.483. The minimum Gasteiger partial charge on any atom is -0.340 e. The summed E-state index contributed by atoms with van der Waals surface area (Å²) in [6.45, 7) is 2.80. The van der Waals surface area contributed by atoms with Crippen LogP contribution in [0, 0.1) is 0 Å². The van der Waals surface area contributed by atoms with Gasteiger partial charge in [-0.05, 0) is 25.1 Å². The van der Waals surface area contributed by atoms with Gasteiger partial charge >= 0.3 is 0 Å². The van der Waals surface area contributed by atoms with E-state index in [9.17, 15) is 9.46 Å². The van der Waals surface area contributed by atoms with Gasteiger partial charge in [-0.1, -0.05) is 25.1 Å². The topological polar surface area (TPSA) is 49.3 Å². The third-order valence-electron chi connectivity index (χ3n) is 1.91. The Balaban J connectivity index is 2.62. The van der Waals surface area contributed by atoms with Crippen LogP contribution in [0.15, 0.2) is 30.3 Å². The predicted octanol–water partition coefficient (Wildman–Crippen LogP) is 1.54. The van der Waals surface area contributed by atoms with Gasteiger partial charge < -0.3 is 10.2 Å². The third kappa shape index (κ3) is 3.26. The van der Waals surface area contributed by atoms with Crippen LogP contribution in [0.3, 0.4) is 0 Å². The molecule has 0 aliphatic rings. The van der Waals surface area contributed by atoms with Crippen molar-refractivity contribution in [2.24, 2.45) is 0 Å². The maximum atomic E-state index is 11.8. The molecule has 1 rings (SSSR count). The average Bonchev–Trinajstić information content (AvgIpc) is 2.19. The lowest BCUT2D eigenvalue weighted by Gasteiger charge is -2.11. The molecule has 0 heterocycles. The molecule has 3 nitrogen and oxygen atoms in total. The SMILES string of the molecule is CCCNCP(=O)(O)c1ccccc1. The highest BCUT2D eigenvalue weighted by atomic mass is 31.2. The molecule has 0 bridgehead atoms. The van der Waals surface area contributed by atoms with Gasteiger partial charge in [0.05, 0.1) is 6.29 Å². The highest BCUT2D eigenvalue weighted by Gasteiger charge is 2.19. The number of nitrogens with one attached hydrogen (secondary N) is 1. The summed E-state index contributed by atoms with van der Waals surface area (Å²) < 4.78 is 11.8. The minimum absolute atomic E-state index is 0.158. The molecule has 1 aromatic rings. The predicted molar refractivity (Wildman–Crippen MR) is 59.1 cm³/mol. The molecule has 0 aliphatic carbocycles. The van der Waals surface area contributed by atoms with Crippen LogP contribution >= 0.6 is 7.37 Å². The molecule has 0 radical (unpaired) electrons. The summed E-state index contributed by atoms with van der Waals surface area (Å²) in [6, 6.07) is 8.77. The number of hydrogen-bond acceptors (Lipinski definition) is 2. The first-order chi connectivity index (χ1) is 6.67. The fourth-order valence-electron chi connectivity index (χ4n) is 1.16. The van der Waals surface area contributed by atoms with Gasteiger partial charge in [0.25, 0.3) is 0 Å². The Morgan fingerprint density at radius 1 is 1.36 bits per heavy atom. The molecule has 1 atom stereocenters. The Hall–Kier alpha value is -0.630. The summed E-state index contributed by atoms with van der Waals surface area (Å²) in [5.74, 6) is 0. The van der Waals surface area contributed by atoms with E-state index in [4.69, 9.17) is 0 Å². The van der Waals surface area contributed by atoms with Crippen LogP contribution in [0.5, 0.6) is 0 Å². The van der Waals surface area contributed by atoms with Gasteiger partial charge in [0, 0.05) is 5.30 Å². The molecule has 0 spiro atoms. The van der Waals surface area contributed by atoms with E-state index in [1.165, 1.54) is 0 Å². The van der Waals surface area contributed by atoms with Crippen molar-refractivity contribution in [2.45, 2.75) is 13.3 Å². The monoisotopic (exact) mass is 213 g/mol. The molecule has 1 aromatic carbocycles. The molecule has 0 saturated carbocycles. The average molecular weight is 213 g/mol. The van der Waals surface area contributed by atoms with Gasteiger partial charge in [0.2, 0.25) is 7.37 Å². The number of rotatable bonds is 5. The first-order valence-electron chi connectivity index (χ1n) is 4.75. The van der Waals surface area contributed by atoms with Crippen LogP contribution in [0.4, 0.5) is 0 Å². The maximum absolute atomic E-state index is 11.8. The minimum atomic E-state index is -3.19. The van der Waals surface area contributed by atoms with Crippen LogP contribution < -0.4 is 10.6 Å². The molecule has 14 heavy (non-hydrogen) atoms. The zero-order chi connectivity index (χ0) is 10.4. The van der Waals surface area contributed by atoms with E-state index >= 15 is 0 Å². The van der Waals surface area contributed by atoms with Gasteiger partial charge in [-0.2, -0.15) is 0 Å². The maximum Gasteiger partial charge on any atom is 0.242 e. The van der Waals surface area contributed by atoms with E-state index in [-0.39, 0.29) is 6.29 Å². The summed E-state index contributed by atoms with van der Waals surface area (Å²) in [4.78, 5) is 9.71. The molecule has 0 fully saturated rings. The number of hydrogen-bond donors (Lipinski definition) is 2. The molecule has 1 unspecified atom stereocenters. The molecular formula is C10H16NO2P. The number of benzene rings is 1. The van der Waals surface area contributed by atoms with Gasteiger partial charge in [-0.25, -0.2) is 0 Å². The van der Waals surface area contributed by atoms with E-state index in [1.807, 2.05) is 13.0 Å². The van der Waals surface area contributed by atoms with Gasteiger partial charge in [-0.15, -0.1) is 0 Å². The van der Waals surface area contributed by atoms with E-state index in [2.05, 4.69) is 5.32 Å². The van der Waals surface area contributed by atoms with Gasteiger partial charge in [0.1, 0.15) is 0 Å². The molecule has 0 aliphatic heterocycles. The van der Waals surface area contributed by atoms with Crippen LogP contribution in [-0.4, -0.2) is 17.7 Å². The zero-order valence-electron chi connectivity index (χ0n) is 8.31. The van der Waals surface area contributed by atoms with Gasteiger partial charge in [-0.3, -0.25) is 4.57 Å². The van der Waals surface area contributed by atoms with Crippen molar-refractivity contribution >= 4 is 12.7 Å². The second-order valence-corrected chi connectivity index (χ2v) is 5.43. The van der Waals surface area contributed by atoms with E-state index in [0.717, 1.165) is 13.0 Å². The first kappa shape index (κ1) is 11.4.